The molecule has 1 atom stereocenters. The minimum atomic E-state index is 0.0573. The number of aliphatic hydroxyl groups is 1. The second-order valence-corrected chi connectivity index (χ2v) is 5.28. The van der Waals surface area contributed by atoms with Crippen molar-refractivity contribution in [3.8, 4) is 0 Å². The molecule has 1 aliphatic rings. The van der Waals surface area contributed by atoms with Gasteiger partial charge >= 0.3 is 0 Å². The molecule has 2 N–H and O–H groups in total. The standard InChI is InChI=1S/C15H22N2O2/c1-12-4-2-3-5-14(12)8-16-15(19)10-17-7-6-13(9-17)11-18/h2-5,13,18H,6-11H2,1H3,(H,16,19). The lowest BCUT2D eigenvalue weighted by molar-refractivity contribution is -0.122. The molecular formula is C15H22N2O2. The number of carbonyl (C=O) groups is 1. The molecule has 0 spiro atoms. The number of aryl methyl sites for hydroxylation is 1. The lowest BCUT2D eigenvalue weighted by Gasteiger charge is -2.15. The van der Waals surface area contributed by atoms with Gasteiger partial charge in [-0.25, -0.2) is 0 Å². The van der Waals surface area contributed by atoms with Gasteiger partial charge in [0.15, 0.2) is 0 Å². The summed E-state index contributed by atoms with van der Waals surface area (Å²) in [5.41, 5.74) is 2.36. The number of carbonyl (C=O) groups excluding carboxylic acids is 1. The average molecular weight is 262 g/mol. The number of nitrogens with one attached hydrogen (secondary N) is 1. The fourth-order valence-electron chi connectivity index (χ4n) is 2.47. The van der Waals surface area contributed by atoms with Gasteiger partial charge in [-0.3, -0.25) is 9.69 Å². The Balaban J connectivity index is 1.75. The van der Waals surface area contributed by atoms with E-state index in [0.717, 1.165) is 25.1 Å². The van der Waals surface area contributed by atoms with Crippen LogP contribution in [0.25, 0.3) is 0 Å². The molecule has 1 heterocycles. The van der Waals surface area contributed by atoms with E-state index in [4.69, 9.17) is 5.11 Å². The number of rotatable bonds is 5. The quantitative estimate of drug-likeness (QED) is 0.830. The SMILES string of the molecule is Cc1ccccc1CNC(=O)CN1CCC(CO)C1. The van der Waals surface area contributed by atoms with Crippen LogP contribution in [-0.4, -0.2) is 42.2 Å². The van der Waals surface area contributed by atoms with Crippen LogP contribution in [0.1, 0.15) is 17.5 Å². The summed E-state index contributed by atoms with van der Waals surface area (Å²) < 4.78 is 0. The summed E-state index contributed by atoms with van der Waals surface area (Å²) in [4.78, 5) is 14.0. The monoisotopic (exact) mass is 262 g/mol. The van der Waals surface area contributed by atoms with Crippen LogP contribution in [0.4, 0.5) is 0 Å². The molecule has 1 aliphatic heterocycles. The van der Waals surface area contributed by atoms with Gasteiger partial charge in [-0.1, -0.05) is 24.3 Å². The molecule has 1 fully saturated rings. The van der Waals surface area contributed by atoms with Crippen molar-refractivity contribution >= 4 is 5.91 Å². The second kappa shape index (κ2) is 6.68. The van der Waals surface area contributed by atoms with E-state index in [-0.39, 0.29) is 12.5 Å². The van der Waals surface area contributed by atoms with Gasteiger partial charge in [-0.15, -0.1) is 0 Å². The van der Waals surface area contributed by atoms with Gasteiger partial charge in [0.25, 0.3) is 0 Å². The minimum Gasteiger partial charge on any atom is -0.396 e. The fraction of sp³-hybridized carbons (Fsp3) is 0.533. The van der Waals surface area contributed by atoms with Crippen molar-refractivity contribution in [2.45, 2.75) is 19.9 Å². The number of likely N-dealkylation sites (tertiary alicyclic amines) is 1. The first-order valence-electron chi connectivity index (χ1n) is 6.83. The Kier molecular flexibility index (Phi) is 4.93. The zero-order chi connectivity index (χ0) is 13.7. The largest absolute Gasteiger partial charge is 0.396 e. The van der Waals surface area contributed by atoms with Crippen LogP contribution in [0.5, 0.6) is 0 Å². The highest BCUT2D eigenvalue weighted by Crippen LogP contribution is 2.14. The van der Waals surface area contributed by atoms with Gasteiger partial charge in [0.05, 0.1) is 6.54 Å². The molecule has 0 bridgehead atoms. The van der Waals surface area contributed by atoms with Crippen LogP contribution in [0.2, 0.25) is 0 Å². The van der Waals surface area contributed by atoms with Crippen molar-refractivity contribution in [1.29, 1.82) is 0 Å². The fourth-order valence-corrected chi connectivity index (χ4v) is 2.47. The Morgan fingerprint density at radius 2 is 2.26 bits per heavy atom. The van der Waals surface area contributed by atoms with E-state index in [1.165, 1.54) is 5.56 Å². The molecule has 19 heavy (non-hydrogen) atoms. The van der Waals surface area contributed by atoms with Crippen LogP contribution in [0.15, 0.2) is 24.3 Å². The number of aliphatic hydroxyl groups excluding tert-OH is 1. The van der Waals surface area contributed by atoms with Gasteiger partial charge in [-0.05, 0) is 36.9 Å². The molecule has 0 aliphatic carbocycles. The van der Waals surface area contributed by atoms with E-state index in [9.17, 15) is 4.79 Å². The number of nitrogens with zero attached hydrogens (tertiary/aromatic N) is 1. The molecule has 0 saturated carbocycles. The highest BCUT2D eigenvalue weighted by molar-refractivity contribution is 5.78. The zero-order valence-corrected chi connectivity index (χ0v) is 11.4. The maximum atomic E-state index is 11.9. The highest BCUT2D eigenvalue weighted by atomic mass is 16.3. The topological polar surface area (TPSA) is 52.6 Å². The van der Waals surface area contributed by atoms with E-state index in [0.29, 0.717) is 19.0 Å². The molecular weight excluding hydrogens is 240 g/mol. The maximum Gasteiger partial charge on any atom is 0.234 e. The Morgan fingerprint density at radius 1 is 1.47 bits per heavy atom. The van der Waals surface area contributed by atoms with Crippen molar-refractivity contribution in [3.05, 3.63) is 35.4 Å². The van der Waals surface area contributed by atoms with E-state index in [2.05, 4.69) is 10.2 Å². The first-order chi connectivity index (χ1) is 9.19. The van der Waals surface area contributed by atoms with Gasteiger partial charge < -0.3 is 10.4 Å². The third-order valence-electron chi connectivity index (χ3n) is 3.73. The second-order valence-electron chi connectivity index (χ2n) is 5.28. The Hall–Kier alpha value is -1.39. The molecule has 4 nitrogen and oxygen atoms in total. The van der Waals surface area contributed by atoms with Gasteiger partial charge in [0.1, 0.15) is 0 Å². The van der Waals surface area contributed by atoms with Crippen molar-refractivity contribution in [2.75, 3.05) is 26.2 Å². The maximum absolute atomic E-state index is 11.9. The average Bonchev–Trinajstić information content (AvgIpc) is 2.85. The van der Waals surface area contributed by atoms with Gasteiger partial charge in [0, 0.05) is 19.7 Å². The van der Waals surface area contributed by atoms with Crippen molar-refractivity contribution < 1.29 is 9.90 Å². The Labute approximate surface area is 114 Å². The van der Waals surface area contributed by atoms with Gasteiger partial charge in [0.2, 0.25) is 5.91 Å². The van der Waals surface area contributed by atoms with Gasteiger partial charge in [-0.2, -0.15) is 0 Å². The molecule has 2 rings (SSSR count). The molecule has 1 amide bonds. The summed E-state index contributed by atoms with van der Waals surface area (Å²) in [6.07, 6.45) is 0.988. The number of hydrogen-bond donors (Lipinski definition) is 2. The molecule has 1 aromatic carbocycles. The third kappa shape index (κ3) is 4.04. The molecule has 1 unspecified atom stereocenters. The van der Waals surface area contributed by atoms with Crippen LogP contribution < -0.4 is 5.32 Å². The normalized spacial score (nSPS) is 19.6. The van der Waals surface area contributed by atoms with E-state index < -0.39 is 0 Å². The number of amides is 1. The summed E-state index contributed by atoms with van der Waals surface area (Å²) in [5.74, 6) is 0.394. The van der Waals surface area contributed by atoms with E-state index >= 15 is 0 Å². The van der Waals surface area contributed by atoms with Crippen LogP contribution in [0.3, 0.4) is 0 Å². The summed E-state index contributed by atoms with van der Waals surface area (Å²) >= 11 is 0. The van der Waals surface area contributed by atoms with Crippen LogP contribution in [-0.2, 0) is 11.3 Å². The van der Waals surface area contributed by atoms with Crippen LogP contribution in [0, 0.1) is 12.8 Å². The van der Waals surface area contributed by atoms with E-state index in [1.54, 1.807) is 0 Å². The van der Waals surface area contributed by atoms with E-state index in [1.807, 2.05) is 31.2 Å². The Bertz CT molecular complexity index is 434. The predicted molar refractivity (Wildman–Crippen MR) is 74.7 cm³/mol. The summed E-state index contributed by atoms with van der Waals surface area (Å²) in [7, 11) is 0. The highest BCUT2D eigenvalue weighted by Gasteiger charge is 2.23. The molecule has 0 aromatic heterocycles. The summed E-state index contributed by atoms with van der Waals surface area (Å²) in [6.45, 7) is 5.03. The first kappa shape index (κ1) is 14.0. The smallest absolute Gasteiger partial charge is 0.234 e. The Morgan fingerprint density at radius 3 is 2.95 bits per heavy atom. The molecule has 4 heteroatoms. The van der Waals surface area contributed by atoms with Crippen LogP contribution >= 0.6 is 0 Å². The molecule has 104 valence electrons. The lowest BCUT2D eigenvalue weighted by atomic mass is 10.1. The van der Waals surface area contributed by atoms with Crippen molar-refractivity contribution in [3.63, 3.8) is 0 Å². The summed E-state index contributed by atoms with van der Waals surface area (Å²) in [6, 6.07) is 8.07. The predicted octanol–water partition coefficient (Wildman–Crippen LogP) is 0.925. The molecule has 1 saturated heterocycles. The minimum absolute atomic E-state index is 0.0573. The zero-order valence-electron chi connectivity index (χ0n) is 11.4. The number of benzene rings is 1. The van der Waals surface area contributed by atoms with Crippen molar-refractivity contribution in [1.82, 2.24) is 10.2 Å². The first-order valence-corrected chi connectivity index (χ1v) is 6.83. The number of hydrogen-bond acceptors (Lipinski definition) is 3. The lowest BCUT2D eigenvalue weighted by Crippen LogP contribution is -2.36. The summed E-state index contributed by atoms with van der Waals surface area (Å²) in [5, 5.41) is 12.0. The third-order valence-corrected chi connectivity index (χ3v) is 3.73. The van der Waals surface area contributed by atoms with Crippen molar-refractivity contribution in [2.24, 2.45) is 5.92 Å². The molecule has 1 aromatic rings. The molecule has 0 radical (unpaired) electrons.